The summed E-state index contributed by atoms with van der Waals surface area (Å²) in [5.41, 5.74) is 1.22. The van der Waals surface area contributed by atoms with Gasteiger partial charge < -0.3 is 0 Å². The predicted molar refractivity (Wildman–Crippen MR) is 136 cm³/mol. The monoisotopic (exact) mass is 519 g/mol. The van der Waals surface area contributed by atoms with Crippen LogP contribution in [0.2, 0.25) is 5.02 Å². The van der Waals surface area contributed by atoms with Crippen LogP contribution >= 0.6 is 11.6 Å². The van der Waals surface area contributed by atoms with E-state index in [-0.39, 0.29) is 15.4 Å². The Balaban J connectivity index is 1.93. The number of sulfonamides is 1. The third kappa shape index (κ3) is 4.33. The van der Waals surface area contributed by atoms with Gasteiger partial charge in [0.2, 0.25) is 10.0 Å². The number of benzene rings is 1. The van der Waals surface area contributed by atoms with Crippen LogP contribution < -0.4 is 0 Å². The van der Waals surface area contributed by atoms with E-state index in [1.807, 2.05) is 6.92 Å². The molecule has 0 bridgehead atoms. The Bertz CT molecular complexity index is 1500. The number of allylic oxidation sites excluding steroid dienone is 3. The molecule has 3 aromatic rings. The zero-order chi connectivity index (χ0) is 24.5. The van der Waals surface area contributed by atoms with Crippen molar-refractivity contribution in [1.29, 1.82) is 0 Å². The van der Waals surface area contributed by atoms with Gasteiger partial charge in [-0.1, -0.05) is 42.8 Å². The highest BCUT2D eigenvalue weighted by atomic mass is 35.5. The molecule has 0 radical (unpaired) electrons. The molecule has 1 aliphatic rings. The fraction of sp³-hybridized carbons (Fsp3) is 0.292. The van der Waals surface area contributed by atoms with Crippen molar-refractivity contribution in [3.05, 3.63) is 70.9 Å². The van der Waals surface area contributed by atoms with Gasteiger partial charge in [0.15, 0.2) is 5.65 Å². The first-order valence-electron chi connectivity index (χ1n) is 11.1. The summed E-state index contributed by atoms with van der Waals surface area (Å²) >= 11 is 6.51. The van der Waals surface area contributed by atoms with Crippen LogP contribution in [0.4, 0.5) is 0 Å². The molecule has 1 saturated heterocycles. The number of hydrogen-bond donors (Lipinski definition) is 0. The average molecular weight is 520 g/mol. The van der Waals surface area contributed by atoms with Crippen molar-refractivity contribution in [3.8, 4) is 11.1 Å². The highest BCUT2D eigenvalue weighted by Crippen LogP contribution is 2.37. The van der Waals surface area contributed by atoms with Gasteiger partial charge in [0.25, 0.3) is 10.0 Å². The smallest absolute Gasteiger partial charge is 0.237 e. The normalized spacial score (nSPS) is 16.1. The minimum absolute atomic E-state index is 0.146. The van der Waals surface area contributed by atoms with Gasteiger partial charge in [0.05, 0.1) is 14.8 Å². The standard InChI is InChI=1S/C24H26ClN3O4S2/c1-3-8-19(9-4-2)34(31,32)28-17-21(23-22(25)12-13-26-24(23)28)18-10-7-11-20(16-18)33(29,30)27-14-5-6-15-27/h3,7-13,16-17H,4-6,14-15H2,1-2H3/b8-3-,19-9+. The fourth-order valence-corrected chi connectivity index (χ4v) is 7.46. The van der Waals surface area contributed by atoms with Gasteiger partial charge in [-0.25, -0.2) is 25.8 Å². The lowest BCUT2D eigenvalue weighted by molar-refractivity contribution is 0.477. The molecule has 0 spiro atoms. The van der Waals surface area contributed by atoms with E-state index in [0.717, 1.165) is 16.8 Å². The molecule has 0 saturated carbocycles. The minimum Gasteiger partial charge on any atom is -0.237 e. The van der Waals surface area contributed by atoms with Crippen molar-refractivity contribution in [3.63, 3.8) is 0 Å². The van der Waals surface area contributed by atoms with Gasteiger partial charge in [-0.3, -0.25) is 0 Å². The van der Waals surface area contributed by atoms with Crippen molar-refractivity contribution in [2.24, 2.45) is 0 Å². The molecule has 10 heteroatoms. The van der Waals surface area contributed by atoms with Crippen LogP contribution in [0.1, 0.15) is 33.1 Å². The molecule has 7 nitrogen and oxygen atoms in total. The summed E-state index contributed by atoms with van der Waals surface area (Å²) in [6, 6.07) is 8.11. The summed E-state index contributed by atoms with van der Waals surface area (Å²) in [4.78, 5) is 4.62. The fourth-order valence-electron chi connectivity index (χ4n) is 4.13. The first-order valence-corrected chi connectivity index (χ1v) is 14.3. The third-order valence-corrected chi connectivity index (χ3v) is 9.65. The van der Waals surface area contributed by atoms with Gasteiger partial charge in [0, 0.05) is 36.4 Å². The van der Waals surface area contributed by atoms with E-state index in [9.17, 15) is 16.8 Å². The van der Waals surface area contributed by atoms with E-state index < -0.39 is 20.0 Å². The van der Waals surface area contributed by atoms with Gasteiger partial charge in [-0.05, 0) is 56.0 Å². The van der Waals surface area contributed by atoms with E-state index in [1.54, 1.807) is 49.4 Å². The second kappa shape index (κ2) is 9.65. The predicted octanol–water partition coefficient (Wildman–Crippen LogP) is 5.19. The molecule has 0 atom stereocenters. The number of fused-ring (bicyclic) bond motifs is 1. The summed E-state index contributed by atoms with van der Waals surface area (Å²) < 4.78 is 55.9. The van der Waals surface area contributed by atoms with Crippen LogP contribution in [-0.2, 0) is 20.0 Å². The largest absolute Gasteiger partial charge is 0.269 e. The molecule has 0 aliphatic carbocycles. The molecule has 2 aromatic heterocycles. The lowest BCUT2D eigenvalue weighted by Crippen LogP contribution is -2.27. The van der Waals surface area contributed by atoms with Gasteiger partial charge >= 0.3 is 0 Å². The molecular weight excluding hydrogens is 494 g/mol. The van der Waals surface area contributed by atoms with Crippen LogP contribution in [0.15, 0.2) is 70.8 Å². The topological polar surface area (TPSA) is 89.3 Å². The van der Waals surface area contributed by atoms with Crippen molar-refractivity contribution in [2.75, 3.05) is 13.1 Å². The second-order valence-electron chi connectivity index (χ2n) is 7.99. The van der Waals surface area contributed by atoms with Gasteiger partial charge in [-0.15, -0.1) is 0 Å². The van der Waals surface area contributed by atoms with Crippen molar-refractivity contribution < 1.29 is 16.8 Å². The number of aromatic nitrogens is 2. The molecule has 34 heavy (non-hydrogen) atoms. The van der Waals surface area contributed by atoms with E-state index >= 15 is 0 Å². The minimum atomic E-state index is -3.96. The number of halogens is 1. The van der Waals surface area contributed by atoms with Crippen LogP contribution in [0, 0.1) is 0 Å². The van der Waals surface area contributed by atoms with Crippen LogP contribution in [0.3, 0.4) is 0 Å². The molecule has 3 heterocycles. The molecule has 1 fully saturated rings. The summed E-state index contributed by atoms with van der Waals surface area (Å²) in [7, 11) is -7.61. The van der Waals surface area contributed by atoms with E-state index in [2.05, 4.69) is 4.98 Å². The second-order valence-corrected chi connectivity index (χ2v) is 12.1. The van der Waals surface area contributed by atoms with Crippen LogP contribution in [0.5, 0.6) is 0 Å². The molecule has 4 rings (SSSR count). The molecular formula is C24H26ClN3O4S2. The number of pyridine rings is 1. The van der Waals surface area contributed by atoms with Gasteiger partial charge in [0.1, 0.15) is 0 Å². The highest BCUT2D eigenvalue weighted by molar-refractivity contribution is 7.94. The number of rotatable bonds is 7. The highest BCUT2D eigenvalue weighted by Gasteiger charge is 2.29. The Morgan fingerprint density at radius 1 is 1.15 bits per heavy atom. The Morgan fingerprint density at radius 2 is 1.88 bits per heavy atom. The Kier molecular flexibility index (Phi) is 7.00. The molecule has 1 aromatic carbocycles. The maximum atomic E-state index is 13.5. The van der Waals surface area contributed by atoms with Crippen LogP contribution in [-0.4, -0.2) is 43.2 Å². The third-order valence-electron chi connectivity index (χ3n) is 5.75. The maximum Gasteiger partial charge on any atom is 0.269 e. The van der Waals surface area contributed by atoms with Crippen LogP contribution in [0.25, 0.3) is 22.2 Å². The summed E-state index contributed by atoms with van der Waals surface area (Å²) in [5.74, 6) is 0. The maximum absolute atomic E-state index is 13.5. The first kappa shape index (κ1) is 24.7. The number of hydrogen-bond acceptors (Lipinski definition) is 5. The molecule has 0 amide bonds. The number of nitrogens with zero attached hydrogens (tertiary/aromatic N) is 3. The van der Waals surface area contributed by atoms with E-state index in [4.69, 9.17) is 11.6 Å². The van der Waals surface area contributed by atoms with E-state index in [0.29, 0.717) is 41.0 Å². The molecule has 0 N–H and O–H groups in total. The molecule has 1 aliphatic heterocycles. The van der Waals surface area contributed by atoms with Crippen molar-refractivity contribution in [1.82, 2.24) is 13.3 Å². The molecule has 180 valence electrons. The Labute approximate surface area is 205 Å². The summed E-state index contributed by atoms with van der Waals surface area (Å²) in [5, 5.41) is 0.772. The zero-order valence-corrected chi connectivity index (χ0v) is 21.4. The van der Waals surface area contributed by atoms with Crippen molar-refractivity contribution >= 4 is 42.7 Å². The SMILES string of the molecule is C/C=C\C(=C/CC)S(=O)(=O)n1cc(-c2cccc(S(=O)(=O)N3CCCC3)c2)c2c(Cl)ccnc21. The zero-order valence-electron chi connectivity index (χ0n) is 19.0. The summed E-state index contributed by atoms with van der Waals surface area (Å²) in [6.07, 6.45) is 9.97. The lowest BCUT2D eigenvalue weighted by Gasteiger charge is -2.16. The first-order chi connectivity index (χ1) is 16.2. The Hall–Kier alpha value is -2.46. The average Bonchev–Trinajstić information content (AvgIpc) is 3.49. The van der Waals surface area contributed by atoms with Gasteiger partial charge in [-0.2, -0.15) is 4.31 Å². The quantitative estimate of drug-likeness (QED) is 0.401. The van der Waals surface area contributed by atoms with Crippen molar-refractivity contribution in [2.45, 2.75) is 38.0 Å². The summed E-state index contributed by atoms with van der Waals surface area (Å²) in [6.45, 7) is 4.61. The molecule has 0 unspecified atom stereocenters. The lowest BCUT2D eigenvalue weighted by atomic mass is 10.1. The Morgan fingerprint density at radius 3 is 2.56 bits per heavy atom. The van der Waals surface area contributed by atoms with E-state index in [1.165, 1.54) is 22.8 Å².